The predicted molar refractivity (Wildman–Crippen MR) is 51.5 cm³/mol. The van der Waals surface area contributed by atoms with Gasteiger partial charge in [0.2, 0.25) is 0 Å². The highest BCUT2D eigenvalue weighted by Crippen LogP contribution is 2.40. The molecule has 2 aliphatic rings. The highest BCUT2D eigenvalue weighted by molar-refractivity contribution is 4.84. The average molecular weight is 184 g/mol. The van der Waals surface area contributed by atoms with Crippen LogP contribution in [0.4, 0.5) is 0 Å². The van der Waals surface area contributed by atoms with Gasteiger partial charge in [0.25, 0.3) is 0 Å². The SMILES string of the molecule is CC[C@@H]1CCC[C@]2(CC[C@@H](C)O2)O1. The molecule has 0 amide bonds. The second-order valence-electron chi connectivity index (χ2n) is 4.42. The molecule has 0 aromatic carbocycles. The minimum absolute atomic E-state index is 0.182. The van der Waals surface area contributed by atoms with Gasteiger partial charge in [-0.3, -0.25) is 0 Å². The first-order chi connectivity index (χ1) is 6.24. The monoisotopic (exact) mass is 184 g/mol. The molecule has 0 aromatic heterocycles. The van der Waals surface area contributed by atoms with E-state index in [9.17, 15) is 0 Å². The molecule has 2 nitrogen and oxygen atoms in total. The van der Waals surface area contributed by atoms with E-state index in [1.54, 1.807) is 0 Å². The molecule has 2 aliphatic heterocycles. The lowest BCUT2D eigenvalue weighted by Crippen LogP contribution is -2.40. The van der Waals surface area contributed by atoms with Gasteiger partial charge in [-0.15, -0.1) is 0 Å². The van der Waals surface area contributed by atoms with Gasteiger partial charge in [-0.1, -0.05) is 6.92 Å². The fourth-order valence-electron chi connectivity index (χ4n) is 2.49. The Labute approximate surface area is 80.6 Å². The molecule has 0 aromatic rings. The smallest absolute Gasteiger partial charge is 0.169 e. The van der Waals surface area contributed by atoms with Crippen molar-refractivity contribution in [3.8, 4) is 0 Å². The summed E-state index contributed by atoms with van der Waals surface area (Å²) >= 11 is 0. The maximum Gasteiger partial charge on any atom is 0.169 e. The van der Waals surface area contributed by atoms with Crippen molar-refractivity contribution in [3.05, 3.63) is 0 Å². The lowest BCUT2D eigenvalue weighted by atomic mass is 9.98. The summed E-state index contributed by atoms with van der Waals surface area (Å²) < 4.78 is 11.9. The van der Waals surface area contributed by atoms with Crippen LogP contribution in [0, 0.1) is 0 Å². The Hall–Kier alpha value is -0.0800. The molecule has 0 bridgehead atoms. The maximum absolute atomic E-state index is 6.03. The third-order valence-electron chi connectivity index (χ3n) is 3.27. The quantitative estimate of drug-likeness (QED) is 0.624. The maximum atomic E-state index is 6.03. The summed E-state index contributed by atoms with van der Waals surface area (Å²) in [4.78, 5) is 0. The van der Waals surface area contributed by atoms with Crippen molar-refractivity contribution in [1.29, 1.82) is 0 Å². The summed E-state index contributed by atoms with van der Waals surface area (Å²) in [7, 11) is 0. The molecule has 2 heterocycles. The highest BCUT2D eigenvalue weighted by atomic mass is 16.7. The van der Waals surface area contributed by atoms with Crippen LogP contribution in [0.1, 0.15) is 52.4 Å². The minimum atomic E-state index is -0.182. The number of ether oxygens (including phenoxy) is 2. The van der Waals surface area contributed by atoms with Crippen LogP contribution in [-0.4, -0.2) is 18.0 Å². The topological polar surface area (TPSA) is 18.5 Å². The van der Waals surface area contributed by atoms with Crippen molar-refractivity contribution in [3.63, 3.8) is 0 Å². The minimum Gasteiger partial charge on any atom is -0.347 e. The fraction of sp³-hybridized carbons (Fsp3) is 1.00. The van der Waals surface area contributed by atoms with Gasteiger partial charge < -0.3 is 9.47 Å². The third-order valence-corrected chi connectivity index (χ3v) is 3.27. The largest absolute Gasteiger partial charge is 0.347 e. The molecular weight excluding hydrogens is 164 g/mol. The normalized spacial score (nSPS) is 45.7. The number of rotatable bonds is 1. The van der Waals surface area contributed by atoms with Gasteiger partial charge >= 0.3 is 0 Å². The van der Waals surface area contributed by atoms with Crippen molar-refractivity contribution in [2.75, 3.05) is 0 Å². The van der Waals surface area contributed by atoms with Gasteiger partial charge in [0, 0.05) is 12.8 Å². The molecule has 2 saturated heterocycles. The number of hydrogen-bond acceptors (Lipinski definition) is 2. The van der Waals surface area contributed by atoms with Gasteiger partial charge in [0.15, 0.2) is 5.79 Å². The molecule has 0 radical (unpaired) electrons. The van der Waals surface area contributed by atoms with Crippen LogP contribution >= 0.6 is 0 Å². The lowest BCUT2D eigenvalue weighted by Gasteiger charge is -2.37. The van der Waals surface area contributed by atoms with Crippen molar-refractivity contribution in [2.45, 2.75) is 70.4 Å². The summed E-state index contributed by atoms with van der Waals surface area (Å²) in [5, 5.41) is 0. The van der Waals surface area contributed by atoms with Gasteiger partial charge in [-0.05, 0) is 32.6 Å². The van der Waals surface area contributed by atoms with Crippen LogP contribution in [0.5, 0.6) is 0 Å². The fourth-order valence-corrected chi connectivity index (χ4v) is 2.49. The van der Waals surface area contributed by atoms with Gasteiger partial charge in [-0.2, -0.15) is 0 Å². The first-order valence-corrected chi connectivity index (χ1v) is 5.60. The van der Waals surface area contributed by atoms with Gasteiger partial charge in [0.05, 0.1) is 12.2 Å². The van der Waals surface area contributed by atoms with Gasteiger partial charge in [-0.25, -0.2) is 0 Å². The highest BCUT2D eigenvalue weighted by Gasteiger charge is 2.43. The standard InChI is InChI=1S/C11H20O2/c1-3-10-5-4-7-11(13-10)8-6-9(2)12-11/h9-10H,3-8H2,1-2H3/t9-,10-,11-/m1/s1. The van der Waals surface area contributed by atoms with Crippen LogP contribution in [0.2, 0.25) is 0 Å². The van der Waals surface area contributed by atoms with E-state index < -0.39 is 0 Å². The number of hydrogen-bond donors (Lipinski definition) is 0. The van der Waals surface area contributed by atoms with Crippen molar-refractivity contribution >= 4 is 0 Å². The molecular formula is C11H20O2. The first kappa shape index (κ1) is 9.47. The lowest BCUT2D eigenvalue weighted by molar-refractivity contribution is -0.268. The van der Waals surface area contributed by atoms with Crippen LogP contribution in [0.3, 0.4) is 0 Å². The molecule has 1 spiro atoms. The van der Waals surface area contributed by atoms with E-state index in [0.717, 1.165) is 25.7 Å². The third kappa shape index (κ3) is 1.89. The molecule has 3 atom stereocenters. The Bertz CT molecular complexity index is 177. The molecule has 0 N–H and O–H groups in total. The van der Waals surface area contributed by atoms with E-state index in [1.807, 2.05) is 0 Å². The summed E-state index contributed by atoms with van der Waals surface area (Å²) in [6.45, 7) is 4.34. The van der Waals surface area contributed by atoms with Crippen LogP contribution in [0.25, 0.3) is 0 Å². The van der Waals surface area contributed by atoms with E-state index in [-0.39, 0.29) is 5.79 Å². The molecule has 2 heteroatoms. The second-order valence-corrected chi connectivity index (χ2v) is 4.42. The average Bonchev–Trinajstić information content (AvgIpc) is 2.47. The molecule has 76 valence electrons. The van der Waals surface area contributed by atoms with Crippen LogP contribution in [-0.2, 0) is 9.47 Å². The molecule has 0 aliphatic carbocycles. The summed E-state index contributed by atoms with van der Waals surface area (Å²) in [6.07, 6.45) is 7.82. The molecule has 0 unspecified atom stereocenters. The van der Waals surface area contributed by atoms with E-state index in [0.29, 0.717) is 12.2 Å². The first-order valence-electron chi connectivity index (χ1n) is 5.60. The molecule has 2 rings (SSSR count). The summed E-state index contributed by atoms with van der Waals surface area (Å²) in [5.74, 6) is -0.182. The zero-order chi connectivity index (χ0) is 9.31. The van der Waals surface area contributed by atoms with E-state index in [1.165, 1.54) is 12.8 Å². The molecule has 13 heavy (non-hydrogen) atoms. The Morgan fingerprint density at radius 2 is 2.08 bits per heavy atom. The Balaban J connectivity index is 1.98. The second kappa shape index (κ2) is 3.58. The van der Waals surface area contributed by atoms with Crippen molar-refractivity contribution in [1.82, 2.24) is 0 Å². The van der Waals surface area contributed by atoms with E-state index in [4.69, 9.17) is 9.47 Å². The van der Waals surface area contributed by atoms with E-state index in [2.05, 4.69) is 13.8 Å². The molecule has 2 fully saturated rings. The van der Waals surface area contributed by atoms with Crippen molar-refractivity contribution < 1.29 is 9.47 Å². The zero-order valence-corrected chi connectivity index (χ0v) is 8.71. The van der Waals surface area contributed by atoms with Crippen LogP contribution < -0.4 is 0 Å². The Kier molecular flexibility index (Phi) is 2.61. The predicted octanol–water partition coefficient (Wildman–Crippen LogP) is 2.86. The zero-order valence-electron chi connectivity index (χ0n) is 8.71. The Morgan fingerprint density at radius 3 is 2.69 bits per heavy atom. The molecule has 0 saturated carbocycles. The Morgan fingerprint density at radius 1 is 1.23 bits per heavy atom. The van der Waals surface area contributed by atoms with Crippen molar-refractivity contribution in [2.24, 2.45) is 0 Å². The van der Waals surface area contributed by atoms with Crippen LogP contribution in [0.15, 0.2) is 0 Å². The van der Waals surface area contributed by atoms with E-state index >= 15 is 0 Å². The summed E-state index contributed by atoms with van der Waals surface area (Å²) in [6, 6.07) is 0. The summed E-state index contributed by atoms with van der Waals surface area (Å²) in [5.41, 5.74) is 0. The van der Waals surface area contributed by atoms with Gasteiger partial charge in [0.1, 0.15) is 0 Å².